The monoisotopic (exact) mass is 338 g/mol. The van der Waals surface area contributed by atoms with Gasteiger partial charge in [-0.15, -0.1) is 0 Å². The van der Waals surface area contributed by atoms with Crippen molar-refractivity contribution in [1.29, 1.82) is 5.26 Å². The Labute approximate surface area is 138 Å². The first-order valence-electron chi connectivity index (χ1n) is 6.71. The maximum Gasteiger partial charge on any atom is 0.162 e. The third-order valence-electron chi connectivity index (χ3n) is 3.17. The first-order valence-corrected chi connectivity index (χ1v) is 7.86. The van der Waals surface area contributed by atoms with Crippen molar-refractivity contribution in [2.24, 2.45) is 0 Å². The van der Waals surface area contributed by atoms with Gasteiger partial charge in [-0.3, -0.25) is 0 Å². The van der Waals surface area contributed by atoms with Crippen LogP contribution in [0.1, 0.15) is 11.1 Å². The van der Waals surface area contributed by atoms with Gasteiger partial charge in [-0.2, -0.15) is 9.64 Å². The van der Waals surface area contributed by atoms with E-state index >= 15 is 0 Å². The van der Waals surface area contributed by atoms with Gasteiger partial charge in [0.1, 0.15) is 22.5 Å². The maximum absolute atomic E-state index is 13.9. The SMILES string of the molecule is CN(C)CCN(Cc1ccccc1F)c1snc(Cl)c1C#N. The fourth-order valence-electron chi connectivity index (χ4n) is 1.98. The third-order valence-corrected chi connectivity index (χ3v) is 4.45. The molecule has 0 aliphatic rings. The topological polar surface area (TPSA) is 43.2 Å². The molecule has 7 heteroatoms. The Kier molecular flexibility index (Phi) is 5.72. The van der Waals surface area contributed by atoms with Crippen molar-refractivity contribution in [1.82, 2.24) is 9.27 Å². The summed E-state index contributed by atoms with van der Waals surface area (Å²) in [6.45, 7) is 1.79. The minimum Gasteiger partial charge on any atom is -0.355 e. The van der Waals surface area contributed by atoms with Crippen LogP contribution < -0.4 is 4.90 Å². The van der Waals surface area contributed by atoms with Crippen LogP contribution in [-0.4, -0.2) is 36.5 Å². The van der Waals surface area contributed by atoms with Crippen LogP contribution in [0.5, 0.6) is 0 Å². The molecule has 0 N–H and O–H groups in total. The van der Waals surface area contributed by atoms with Crippen LogP contribution in [0.25, 0.3) is 0 Å². The fraction of sp³-hybridized carbons (Fsp3) is 0.333. The Balaban J connectivity index is 2.30. The van der Waals surface area contributed by atoms with Crippen molar-refractivity contribution in [2.75, 3.05) is 32.1 Å². The zero-order valence-corrected chi connectivity index (χ0v) is 14.0. The number of likely N-dealkylation sites (N-methyl/N-ethyl adjacent to an activating group) is 1. The van der Waals surface area contributed by atoms with Gasteiger partial charge < -0.3 is 9.80 Å². The van der Waals surface area contributed by atoms with E-state index in [2.05, 4.69) is 10.4 Å². The lowest BCUT2D eigenvalue weighted by molar-refractivity contribution is 0.412. The molecule has 1 aromatic heterocycles. The van der Waals surface area contributed by atoms with E-state index in [1.165, 1.54) is 17.6 Å². The van der Waals surface area contributed by atoms with Crippen LogP contribution in [0.2, 0.25) is 5.15 Å². The lowest BCUT2D eigenvalue weighted by Crippen LogP contribution is -2.31. The fourth-order valence-corrected chi connectivity index (χ4v) is 3.03. The average Bonchev–Trinajstić information content (AvgIpc) is 2.86. The largest absolute Gasteiger partial charge is 0.355 e. The van der Waals surface area contributed by atoms with E-state index in [1.807, 2.05) is 23.9 Å². The van der Waals surface area contributed by atoms with Crippen LogP contribution in [0.4, 0.5) is 9.39 Å². The van der Waals surface area contributed by atoms with Crippen molar-refractivity contribution in [2.45, 2.75) is 6.54 Å². The van der Waals surface area contributed by atoms with E-state index < -0.39 is 0 Å². The second kappa shape index (κ2) is 7.54. The van der Waals surface area contributed by atoms with E-state index in [0.717, 1.165) is 6.54 Å². The van der Waals surface area contributed by atoms with Crippen molar-refractivity contribution >= 4 is 28.1 Å². The normalized spacial score (nSPS) is 10.7. The minimum absolute atomic E-state index is 0.200. The van der Waals surface area contributed by atoms with Crippen LogP contribution in [0.3, 0.4) is 0 Å². The Bertz CT molecular complexity index is 680. The number of nitrogens with zero attached hydrogens (tertiary/aromatic N) is 4. The number of hydrogen-bond donors (Lipinski definition) is 0. The highest BCUT2D eigenvalue weighted by molar-refractivity contribution is 7.10. The lowest BCUT2D eigenvalue weighted by atomic mass is 10.2. The summed E-state index contributed by atoms with van der Waals surface area (Å²) >= 11 is 7.12. The smallest absolute Gasteiger partial charge is 0.162 e. The summed E-state index contributed by atoms with van der Waals surface area (Å²) in [4.78, 5) is 3.98. The summed E-state index contributed by atoms with van der Waals surface area (Å²) in [6.07, 6.45) is 0. The molecule has 0 spiro atoms. The molecular formula is C15H16ClFN4S. The molecule has 0 radical (unpaired) electrons. The molecule has 22 heavy (non-hydrogen) atoms. The highest BCUT2D eigenvalue weighted by atomic mass is 35.5. The lowest BCUT2D eigenvalue weighted by Gasteiger charge is -2.25. The van der Waals surface area contributed by atoms with Crippen LogP contribution in [0.15, 0.2) is 24.3 Å². The second-order valence-corrected chi connectivity index (χ2v) is 6.19. The number of halogens is 2. The van der Waals surface area contributed by atoms with E-state index in [1.54, 1.807) is 18.2 Å². The Morgan fingerprint density at radius 2 is 2.05 bits per heavy atom. The van der Waals surface area contributed by atoms with Crippen molar-refractivity contribution in [3.05, 3.63) is 46.4 Å². The van der Waals surface area contributed by atoms with Gasteiger partial charge in [-0.25, -0.2) is 4.39 Å². The highest BCUT2D eigenvalue weighted by Crippen LogP contribution is 2.32. The van der Waals surface area contributed by atoms with Gasteiger partial charge in [0.2, 0.25) is 0 Å². The molecule has 0 unspecified atom stereocenters. The highest BCUT2D eigenvalue weighted by Gasteiger charge is 2.19. The molecule has 0 atom stereocenters. The third kappa shape index (κ3) is 3.95. The predicted octanol–water partition coefficient (Wildman–Crippen LogP) is 3.38. The van der Waals surface area contributed by atoms with E-state index in [4.69, 9.17) is 11.6 Å². The quantitative estimate of drug-likeness (QED) is 0.810. The predicted molar refractivity (Wildman–Crippen MR) is 87.8 cm³/mol. The Morgan fingerprint density at radius 3 is 2.68 bits per heavy atom. The molecule has 0 aliphatic carbocycles. The molecule has 0 saturated heterocycles. The molecule has 1 aromatic carbocycles. The number of hydrogen-bond acceptors (Lipinski definition) is 5. The van der Waals surface area contributed by atoms with Crippen LogP contribution in [0, 0.1) is 17.1 Å². The number of benzene rings is 1. The van der Waals surface area contributed by atoms with Gasteiger partial charge in [-0.1, -0.05) is 29.8 Å². The molecule has 4 nitrogen and oxygen atoms in total. The Hall–Kier alpha value is -1.68. The summed E-state index contributed by atoms with van der Waals surface area (Å²) in [7, 11) is 3.93. The zero-order chi connectivity index (χ0) is 16.1. The molecular weight excluding hydrogens is 323 g/mol. The van der Waals surface area contributed by atoms with Gasteiger partial charge in [0.05, 0.1) is 0 Å². The van der Waals surface area contributed by atoms with Gasteiger partial charge >= 0.3 is 0 Å². The minimum atomic E-state index is -0.258. The second-order valence-electron chi connectivity index (χ2n) is 5.08. The molecule has 2 rings (SSSR count). The van der Waals surface area contributed by atoms with Crippen LogP contribution >= 0.6 is 23.1 Å². The zero-order valence-electron chi connectivity index (χ0n) is 12.4. The van der Waals surface area contributed by atoms with Gasteiger partial charge in [0, 0.05) is 25.2 Å². The first-order chi connectivity index (χ1) is 10.5. The number of nitriles is 1. The molecule has 0 bridgehead atoms. The molecule has 116 valence electrons. The van der Waals surface area contributed by atoms with Crippen molar-refractivity contribution in [3.63, 3.8) is 0 Å². The van der Waals surface area contributed by atoms with E-state index in [0.29, 0.717) is 29.2 Å². The molecule has 0 fully saturated rings. The van der Waals surface area contributed by atoms with Gasteiger partial charge in [0.25, 0.3) is 0 Å². The summed E-state index contributed by atoms with van der Waals surface area (Å²) in [5.41, 5.74) is 0.927. The number of aromatic nitrogens is 1. The van der Waals surface area contributed by atoms with Crippen molar-refractivity contribution < 1.29 is 4.39 Å². The molecule has 1 heterocycles. The molecule has 0 amide bonds. The average molecular weight is 339 g/mol. The standard InChI is InChI=1S/C15H16ClFN4S/c1-20(2)7-8-21(10-11-5-3-4-6-13(11)17)15-12(9-18)14(16)19-22-15/h3-6H,7-8,10H2,1-2H3. The summed E-state index contributed by atoms with van der Waals surface area (Å²) in [6, 6.07) is 8.72. The van der Waals surface area contributed by atoms with Crippen LogP contribution in [-0.2, 0) is 6.54 Å². The Morgan fingerprint density at radius 1 is 1.32 bits per heavy atom. The molecule has 2 aromatic rings. The summed E-state index contributed by atoms with van der Waals surface area (Å²) in [5, 5.41) is 10.1. The van der Waals surface area contributed by atoms with Gasteiger partial charge in [0.15, 0.2) is 5.15 Å². The summed E-state index contributed by atoms with van der Waals surface area (Å²) < 4.78 is 17.9. The molecule has 0 saturated carbocycles. The first kappa shape index (κ1) is 16.7. The number of anilines is 1. The van der Waals surface area contributed by atoms with E-state index in [-0.39, 0.29) is 11.0 Å². The van der Waals surface area contributed by atoms with Gasteiger partial charge in [-0.05, 0) is 31.7 Å². The van der Waals surface area contributed by atoms with Crippen molar-refractivity contribution in [3.8, 4) is 6.07 Å². The number of rotatable bonds is 6. The summed E-state index contributed by atoms with van der Waals surface area (Å²) in [5.74, 6) is -0.258. The molecule has 0 aliphatic heterocycles. The van der Waals surface area contributed by atoms with E-state index in [9.17, 15) is 9.65 Å². The maximum atomic E-state index is 13.9.